The van der Waals surface area contributed by atoms with Crippen LogP contribution < -0.4 is 5.32 Å². The van der Waals surface area contributed by atoms with Crippen molar-refractivity contribution in [1.29, 1.82) is 0 Å². The van der Waals surface area contributed by atoms with E-state index in [4.69, 9.17) is 11.6 Å². The summed E-state index contributed by atoms with van der Waals surface area (Å²) in [5, 5.41) is 11.2. The smallest absolute Gasteiger partial charge is 0.247 e. The Bertz CT molecular complexity index is 401. The highest BCUT2D eigenvalue weighted by atomic mass is 35.5. The Morgan fingerprint density at radius 1 is 1.07 bits per heavy atom. The second-order valence-electron chi connectivity index (χ2n) is 2.60. The number of hydrogen-bond acceptors (Lipinski definition) is 4. The van der Waals surface area contributed by atoms with Crippen molar-refractivity contribution in [3.8, 4) is 0 Å². The predicted molar refractivity (Wildman–Crippen MR) is 54.6 cm³/mol. The van der Waals surface area contributed by atoms with E-state index in [1.54, 1.807) is 18.3 Å². The Kier molecular flexibility index (Phi) is 2.55. The summed E-state index contributed by atoms with van der Waals surface area (Å²) in [6.45, 7) is 0. The van der Waals surface area contributed by atoms with Gasteiger partial charge in [0.15, 0.2) is 0 Å². The first kappa shape index (κ1) is 8.90. The monoisotopic (exact) mass is 206 g/mol. The van der Waals surface area contributed by atoms with Crippen LogP contribution in [-0.2, 0) is 0 Å². The molecule has 0 aliphatic carbocycles. The van der Waals surface area contributed by atoms with E-state index >= 15 is 0 Å². The number of anilines is 2. The molecule has 1 aromatic heterocycles. The van der Waals surface area contributed by atoms with Gasteiger partial charge < -0.3 is 5.32 Å². The lowest BCUT2D eigenvalue weighted by Gasteiger charge is -2.02. The Morgan fingerprint density at radius 2 is 1.86 bits per heavy atom. The van der Waals surface area contributed by atoms with Crippen molar-refractivity contribution < 1.29 is 0 Å². The van der Waals surface area contributed by atoms with Crippen LogP contribution in [0.2, 0.25) is 5.02 Å². The second-order valence-corrected chi connectivity index (χ2v) is 3.03. The maximum atomic E-state index is 5.74. The molecule has 0 unspecified atom stereocenters. The van der Waals surface area contributed by atoms with Gasteiger partial charge in [0, 0.05) is 10.7 Å². The van der Waals surface area contributed by atoms with Gasteiger partial charge in [-0.25, -0.2) is 4.98 Å². The summed E-state index contributed by atoms with van der Waals surface area (Å²) < 4.78 is 0. The van der Waals surface area contributed by atoms with E-state index < -0.39 is 0 Å². The van der Waals surface area contributed by atoms with E-state index in [9.17, 15) is 0 Å². The third-order valence-electron chi connectivity index (χ3n) is 1.58. The number of rotatable bonds is 2. The van der Waals surface area contributed by atoms with Crippen LogP contribution in [0.25, 0.3) is 0 Å². The quantitative estimate of drug-likeness (QED) is 0.819. The van der Waals surface area contributed by atoms with Gasteiger partial charge in [0.1, 0.15) is 0 Å². The molecule has 0 spiro atoms. The molecule has 0 bridgehead atoms. The summed E-state index contributed by atoms with van der Waals surface area (Å²) in [7, 11) is 0. The van der Waals surface area contributed by atoms with Gasteiger partial charge >= 0.3 is 0 Å². The number of nitrogens with one attached hydrogen (secondary N) is 1. The average Bonchev–Trinajstić information content (AvgIpc) is 2.23. The Balaban J connectivity index is 2.16. The molecular weight excluding hydrogens is 200 g/mol. The van der Waals surface area contributed by atoms with Crippen LogP contribution in [0.5, 0.6) is 0 Å². The summed E-state index contributed by atoms with van der Waals surface area (Å²) in [5.41, 5.74) is 0.877. The van der Waals surface area contributed by atoms with Crippen LogP contribution in [0.1, 0.15) is 0 Å². The number of benzene rings is 1. The molecule has 0 amide bonds. The molecule has 4 nitrogen and oxygen atoms in total. The highest BCUT2D eigenvalue weighted by Gasteiger charge is 1.95. The van der Waals surface area contributed by atoms with Crippen molar-refractivity contribution in [2.24, 2.45) is 0 Å². The van der Waals surface area contributed by atoms with E-state index in [0.29, 0.717) is 11.0 Å². The minimum absolute atomic E-state index is 0.467. The zero-order valence-corrected chi connectivity index (χ0v) is 7.94. The standard InChI is InChI=1S/C9H7ClN4/c10-7-1-3-8(4-2-7)13-9-11-5-6-12-14-9/h1-6H,(H,11,13,14). The fourth-order valence-corrected chi connectivity index (χ4v) is 1.09. The van der Waals surface area contributed by atoms with Gasteiger partial charge in [0.25, 0.3) is 0 Å². The third kappa shape index (κ3) is 2.17. The van der Waals surface area contributed by atoms with Gasteiger partial charge in [-0.1, -0.05) is 11.6 Å². The number of nitrogens with zero attached hydrogens (tertiary/aromatic N) is 3. The van der Waals surface area contributed by atoms with Crippen molar-refractivity contribution in [3.05, 3.63) is 41.7 Å². The molecular formula is C9H7ClN4. The summed E-state index contributed by atoms with van der Waals surface area (Å²) in [5.74, 6) is 0.467. The largest absolute Gasteiger partial charge is 0.323 e. The van der Waals surface area contributed by atoms with Crippen LogP contribution in [0.3, 0.4) is 0 Å². The normalized spacial score (nSPS) is 9.79. The molecule has 0 atom stereocenters. The minimum Gasteiger partial charge on any atom is -0.323 e. The molecule has 1 heterocycles. The molecule has 0 saturated heterocycles. The first-order chi connectivity index (χ1) is 6.84. The summed E-state index contributed by atoms with van der Waals surface area (Å²) >= 11 is 5.74. The predicted octanol–water partition coefficient (Wildman–Crippen LogP) is 2.27. The lowest BCUT2D eigenvalue weighted by Crippen LogP contribution is -1.96. The van der Waals surface area contributed by atoms with Gasteiger partial charge in [-0.3, -0.25) is 0 Å². The van der Waals surface area contributed by atoms with Crippen LogP contribution in [-0.4, -0.2) is 15.2 Å². The van der Waals surface area contributed by atoms with Crippen molar-refractivity contribution in [1.82, 2.24) is 15.2 Å². The van der Waals surface area contributed by atoms with Crippen molar-refractivity contribution in [3.63, 3.8) is 0 Å². The molecule has 0 aliphatic rings. The highest BCUT2D eigenvalue weighted by Crippen LogP contribution is 2.15. The lowest BCUT2D eigenvalue weighted by molar-refractivity contribution is 0.978. The Hall–Kier alpha value is -1.68. The molecule has 0 radical (unpaired) electrons. The van der Waals surface area contributed by atoms with Crippen molar-refractivity contribution in [2.45, 2.75) is 0 Å². The van der Waals surface area contributed by atoms with Gasteiger partial charge in [-0.05, 0) is 24.3 Å². The van der Waals surface area contributed by atoms with Gasteiger partial charge in [-0.2, -0.15) is 5.10 Å². The molecule has 14 heavy (non-hydrogen) atoms. The molecule has 2 rings (SSSR count). The second kappa shape index (κ2) is 4.02. The maximum Gasteiger partial charge on any atom is 0.247 e. The molecule has 0 aliphatic heterocycles. The Labute approximate surface area is 86.0 Å². The SMILES string of the molecule is Clc1ccc(Nc2nccnn2)cc1. The van der Waals surface area contributed by atoms with E-state index in [1.807, 2.05) is 12.1 Å². The number of aromatic nitrogens is 3. The first-order valence-corrected chi connectivity index (χ1v) is 4.39. The van der Waals surface area contributed by atoms with Gasteiger partial charge in [-0.15, -0.1) is 5.10 Å². The van der Waals surface area contributed by atoms with Crippen LogP contribution in [0, 0.1) is 0 Å². The van der Waals surface area contributed by atoms with Crippen LogP contribution >= 0.6 is 11.6 Å². The van der Waals surface area contributed by atoms with Crippen LogP contribution in [0.4, 0.5) is 11.6 Å². The number of halogens is 1. The molecule has 2 aromatic rings. The molecule has 0 saturated carbocycles. The molecule has 1 N–H and O–H groups in total. The minimum atomic E-state index is 0.467. The molecule has 0 fully saturated rings. The lowest BCUT2D eigenvalue weighted by atomic mass is 10.3. The van der Waals surface area contributed by atoms with E-state index in [2.05, 4.69) is 20.5 Å². The summed E-state index contributed by atoms with van der Waals surface area (Å²) in [6, 6.07) is 7.28. The Morgan fingerprint density at radius 3 is 2.50 bits per heavy atom. The van der Waals surface area contributed by atoms with Crippen molar-refractivity contribution in [2.75, 3.05) is 5.32 Å². The van der Waals surface area contributed by atoms with Crippen LogP contribution in [0.15, 0.2) is 36.7 Å². The number of hydrogen-bond donors (Lipinski definition) is 1. The van der Waals surface area contributed by atoms with Crippen molar-refractivity contribution >= 4 is 23.2 Å². The summed E-state index contributed by atoms with van der Waals surface area (Å²) in [4.78, 5) is 3.98. The van der Waals surface area contributed by atoms with E-state index in [1.165, 1.54) is 6.20 Å². The average molecular weight is 207 g/mol. The fraction of sp³-hybridized carbons (Fsp3) is 0. The zero-order chi connectivity index (χ0) is 9.80. The summed E-state index contributed by atoms with van der Waals surface area (Å²) in [6.07, 6.45) is 3.10. The topological polar surface area (TPSA) is 50.7 Å². The molecule has 70 valence electrons. The zero-order valence-electron chi connectivity index (χ0n) is 7.18. The van der Waals surface area contributed by atoms with E-state index in [-0.39, 0.29) is 0 Å². The molecule has 1 aromatic carbocycles. The molecule has 5 heteroatoms. The maximum absolute atomic E-state index is 5.74. The van der Waals surface area contributed by atoms with Gasteiger partial charge in [0.05, 0.1) is 12.4 Å². The fourth-order valence-electron chi connectivity index (χ4n) is 0.967. The highest BCUT2D eigenvalue weighted by molar-refractivity contribution is 6.30. The first-order valence-electron chi connectivity index (χ1n) is 4.01. The van der Waals surface area contributed by atoms with Gasteiger partial charge in [0.2, 0.25) is 5.95 Å². The third-order valence-corrected chi connectivity index (χ3v) is 1.83. The van der Waals surface area contributed by atoms with E-state index in [0.717, 1.165) is 5.69 Å².